The van der Waals surface area contributed by atoms with Gasteiger partial charge in [-0.3, -0.25) is 0 Å². The molecule has 1 aliphatic rings. The molecule has 1 aromatic rings. The lowest BCUT2D eigenvalue weighted by atomic mass is 9.94. The molecule has 0 radical (unpaired) electrons. The van der Waals surface area contributed by atoms with Crippen molar-refractivity contribution in [3.05, 3.63) is 16.7 Å². The van der Waals surface area contributed by atoms with E-state index in [1.165, 1.54) is 23.7 Å². The maximum Gasteiger partial charge on any atom is 0.248 e. The third-order valence-corrected chi connectivity index (χ3v) is 5.56. The third kappa shape index (κ3) is 2.39. The van der Waals surface area contributed by atoms with Gasteiger partial charge in [-0.25, -0.2) is 13.4 Å². The molecule has 5 nitrogen and oxygen atoms in total. The van der Waals surface area contributed by atoms with Gasteiger partial charge in [-0.05, 0) is 34.8 Å². The smallest absolute Gasteiger partial charge is 0.248 e. The number of halogens is 1. The van der Waals surface area contributed by atoms with E-state index < -0.39 is 10.0 Å². The fraction of sp³-hybridized carbons (Fsp3) is 0.545. The summed E-state index contributed by atoms with van der Waals surface area (Å²) in [6, 6.07) is 1.62. The monoisotopic (exact) mass is 334 g/mol. The first-order valence-electron chi connectivity index (χ1n) is 5.64. The van der Waals surface area contributed by atoms with E-state index in [0.29, 0.717) is 4.47 Å². The first-order chi connectivity index (χ1) is 8.46. The van der Waals surface area contributed by atoms with Gasteiger partial charge in [0, 0.05) is 23.8 Å². The van der Waals surface area contributed by atoms with Crippen LogP contribution in [0.4, 0.5) is 0 Å². The Morgan fingerprint density at radius 1 is 1.50 bits per heavy atom. The third-order valence-electron chi connectivity index (χ3n) is 3.22. The highest BCUT2D eigenvalue weighted by molar-refractivity contribution is 9.10. The van der Waals surface area contributed by atoms with E-state index in [-0.39, 0.29) is 16.8 Å². The van der Waals surface area contributed by atoms with Gasteiger partial charge in [-0.1, -0.05) is 6.42 Å². The van der Waals surface area contributed by atoms with Gasteiger partial charge in [0.2, 0.25) is 15.9 Å². The van der Waals surface area contributed by atoms with Gasteiger partial charge < -0.3 is 4.74 Å². The Hall–Kier alpha value is -0.660. The second-order valence-electron chi connectivity index (χ2n) is 4.27. The van der Waals surface area contributed by atoms with Gasteiger partial charge in [-0.15, -0.1) is 0 Å². The Balaban J connectivity index is 2.42. The molecule has 0 spiro atoms. The van der Waals surface area contributed by atoms with E-state index in [9.17, 15) is 8.42 Å². The Labute approximate surface area is 115 Å². The van der Waals surface area contributed by atoms with Crippen molar-refractivity contribution in [3.8, 4) is 5.88 Å². The van der Waals surface area contributed by atoms with Crippen molar-refractivity contribution < 1.29 is 13.2 Å². The van der Waals surface area contributed by atoms with Crippen LogP contribution in [-0.4, -0.2) is 37.9 Å². The van der Waals surface area contributed by atoms with E-state index in [0.717, 1.165) is 19.3 Å². The zero-order valence-electron chi connectivity index (χ0n) is 10.3. The van der Waals surface area contributed by atoms with Crippen LogP contribution < -0.4 is 4.74 Å². The van der Waals surface area contributed by atoms with Gasteiger partial charge in [0.05, 0.1) is 7.11 Å². The molecule has 0 atom stereocenters. The summed E-state index contributed by atoms with van der Waals surface area (Å²) >= 11 is 3.23. The summed E-state index contributed by atoms with van der Waals surface area (Å²) in [5.41, 5.74) is 0. The molecule has 100 valence electrons. The lowest BCUT2D eigenvalue weighted by molar-refractivity contribution is 0.248. The van der Waals surface area contributed by atoms with Crippen molar-refractivity contribution in [2.75, 3.05) is 14.2 Å². The van der Waals surface area contributed by atoms with Crippen LogP contribution in [0.3, 0.4) is 0 Å². The van der Waals surface area contributed by atoms with Crippen molar-refractivity contribution in [2.45, 2.75) is 30.2 Å². The molecular weight excluding hydrogens is 320 g/mol. The van der Waals surface area contributed by atoms with Crippen LogP contribution in [0.25, 0.3) is 0 Å². The number of nitrogens with zero attached hydrogens (tertiary/aromatic N) is 2. The maximum absolute atomic E-state index is 12.5. The normalized spacial score (nSPS) is 16.7. The predicted molar refractivity (Wildman–Crippen MR) is 71.1 cm³/mol. The summed E-state index contributed by atoms with van der Waals surface area (Å²) in [6.45, 7) is 0. The SMILES string of the molecule is COc1ncc(Br)cc1S(=O)(=O)N(C)C1CCC1. The maximum atomic E-state index is 12.5. The fourth-order valence-electron chi connectivity index (χ4n) is 1.85. The molecule has 7 heteroatoms. The molecule has 0 amide bonds. The summed E-state index contributed by atoms with van der Waals surface area (Å²) in [5, 5.41) is 0. The minimum Gasteiger partial charge on any atom is -0.480 e. The second kappa shape index (κ2) is 5.14. The number of aromatic nitrogens is 1. The number of methoxy groups -OCH3 is 1. The van der Waals surface area contributed by atoms with E-state index in [1.807, 2.05) is 0 Å². The summed E-state index contributed by atoms with van der Waals surface area (Å²) in [7, 11) is -0.523. The topological polar surface area (TPSA) is 59.5 Å². The Morgan fingerprint density at radius 3 is 2.67 bits per heavy atom. The minimum atomic E-state index is -3.55. The van der Waals surface area contributed by atoms with Gasteiger partial charge in [0.1, 0.15) is 4.90 Å². The lowest BCUT2D eigenvalue weighted by Gasteiger charge is -2.33. The highest BCUT2D eigenvalue weighted by Crippen LogP contribution is 2.32. The van der Waals surface area contributed by atoms with Crippen LogP contribution >= 0.6 is 15.9 Å². The van der Waals surface area contributed by atoms with E-state index in [2.05, 4.69) is 20.9 Å². The predicted octanol–water partition coefficient (Wildman–Crippen LogP) is 2.03. The fourth-order valence-corrected chi connectivity index (χ4v) is 3.88. The average Bonchev–Trinajstić information content (AvgIpc) is 2.26. The number of pyridine rings is 1. The largest absolute Gasteiger partial charge is 0.480 e. The van der Waals surface area contributed by atoms with E-state index in [4.69, 9.17) is 4.74 Å². The van der Waals surface area contributed by atoms with Crippen LogP contribution in [0.15, 0.2) is 21.6 Å². The van der Waals surface area contributed by atoms with Crippen LogP contribution in [0, 0.1) is 0 Å². The van der Waals surface area contributed by atoms with E-state index >= 15 is 0 Å². The van der Waals surface area contributed by atoms with Crippen LogP contribution in [0.1, 0.15) is 19.3 Å². The summed E-state index contributed by atoms with van der Waals surface area (Å²) in [5.74, 6) is 0.129. The van der Waals surface area contributed by atoms with Crippen molar-refractivity contribution >= 4 is 26.0 Å². The molecule has 0 saturated heterocycles. The summed E-state index contributed by atoms with van der Waals surface area (Å²) in [6.07, 6.45) is 4.43. The van der Waals surface area contributed by atoms with Gasteiger partial charge in [0.15, 0.2) is 0 Å². The molecule has 0 aliphatic heterocycles. The first kappa shape index (κ1) is 13.8. The van der Waals surface area contributed by atoms with Crippen molar-refractivity contribution in [1.29, 1.82) is 0 Å². The van der Waals surface area contributed by atoms with Crippen molar-refractivity contribution in [3.63, 3.8) is 0 Å². The quantitative estimate of drug-likeness (QED) is 0.845. The molecule has 0 bridgehead atoms. The molecule has 0 unspecified atom stereocenters. The molecule has 18 heavy (non-hydrogen) atoms. The second-order valence-corrected chi connectivity index (χ2v) is 7.15. The average molecular weight is 335 g/mol. The van der Waals surface area contributed by atoms with Gasteiger partial charge in [0.25, 0.3) is 0 Å². The van der Waals surface area contributed by atoms with E-state index in [1.54, 1.807) is 7.05 Å². The lowest BCUT2D eigenvalue weighted by Crippen LogP contribution is -2.41. The molecule has 1 aromatic heterocycles. The highest BCUT2D eigenvalue weighted by atomic mass is 79.9. The standard InChI is InChI=1S/C11H15BrN2O3S/c1-14(9-4-3-5-9)18(15,16)10-6-8(12)7-13-11(10)17-2/h6-7,9H,3-5H2,1-2H3. The number of rotatable bonds is 4. The molecule has 1 saturated carbocycles. The molecule has 1 heterocycles. The Bertz CT molecular complexity index is 543. The summed E-state index contributed by atoms with van der Waals surface area (Å²) in [4.78, 5) is 4.08. The van der Waals surface area contributed by atoms with Gasteiger partial charge in [-0.2, -0.15) is 4.31 Å². The molecule has 0 aromatic carbocycles. The minimum absolute atomic E-state index is 0.0960. The Kier molecular flexibility index (Phi) is 3.93. The zero-order valence-corrected chi connectivity index (χ0v) is 12.7. The zero-order chi connectivity index (χ0) is 13.3. The molecule has 0 N–H and O–H groups in total. The van der Waals surface area contributed by atoms with Crippen molar-refractivity contribution in [2.24, 2.45) is 0 Å². The molecular formula is C11H15BrN2O3S. The van der Waals surface area contributed by atoms with Crippen LogP contribution in [0.5, 0.6) is 5.88 Å². The number of hydrogen-bond acceptors (Lipinski definition) is 4. The number of sulfonamides is 1. The van der Waals surface area contributed by atoms with Crippen LogP contribution in [-0.2, 0) is 10.0 Å². The number of hydrogen-bond donors (Lipinski definition) is 0. The summed E-state index contributed by atoms with van der Waals surface area (Å²) < 4.78 is 32.0. The molecule has 1 aliphatic carbocycles. The first-order valence-corrected chi connectivity index (χ1v) is 7.87. The van der Waals surface area contributed by atoms with Crippen LogP contribution in [0.2, 0.25) is 0 Å². The number of ether oxygens (including phenoxy) is 1. The molecule has 2 rings (SSSR count). The molecule has 1 fully saturated rings. The van der Waals surface area contributed by atoms with Crippen molar-refractivity contribution in [1.82, 2.24) is 9.29 Å². The van der Waals surface area contributed by atoms with Gasteiger partial charge >= 0.3 is 0 Å². The Morgan fingerprint density at radius 2 is 2.17 bits per heavy atom. The highest BCUT2D eigenvalue weighted by Gasteiger charge is 2.34.